The van der Waals surface area contributed by atoms with E-state index in [9.17, 15) is 4.79 Å². The van der Waals surface area contributed by atoms with Crippen LogP contribution < -0.4 is 9.47 Å². The minimum atomic E-state index is -0.288. The van der Waals surface area contributed by atoms with Crippen molar-refractivity contribution in [1.29, 1.82) is 0 Å². The van der Waals surface area contributed by atoms with Crippen LogP contribution in [0.25, 0.3) is 0 Å². The van der Waals surface area contributed by atoms with Crippen molar-refractivity contribution in [1.82, 2.24) is 4.98 Å². The summed E-state index contributed by atoms with van der Waals surface area (Å²) in [7, 11) is 0. The van der Waals surface area contributed by atoms with Gasteiger partial charge in [0, 0.05) is 17.2 Å². The molecule has 0 spiro atoms. The molecule has 0 aliphatic rings. The number of esters is 1. The summed E-state index contributed by atoms with van der Waals surface area (Å²) in [4.78, 5) is 17.1. The number of hydrogen-bond donors (Lipinski definition) is 0. The predicted molar refractivity (Wildman–Crippen MR) is 98.3 cm³/mol. The Kier molecular flexibility index (Phi) is 5.69. The molecule has 2 aromatic carbocycles. The third-order valence-corrected chi connectivity index (χ3v) is 4.28. The quantitative estimate of drug-likeness (QED) is 0.360. The third kappa shape index (κ3) is 5.36. The van der Waals surface area contributed by atoms with E-state index in [1.54, 1.807) is 36.5 Å². The molecule has 0 saturated carbocycles. The molecule has 0 radical (unpaired) electrons. The van der Waals surface area contributed by atoms with Gasteiger partial charge >= 0.3 is 5.97 Å². The summed E-state index contributed by atoms with van der Waals surface area (Å²) in [6.45, 7) is 2.03. The zero-order chi connectivity index (χ0) is 17.5. The van der Waals surface area contributed by atoms with Gasteiger partial charge in [-0.15, -0.1) is 11.8 Å². The summed E-state index contributed by atoms with van der Waals surface area (Å²) in [5.41, 5.74) is 1.19. The fraction of sp³-hybridized carbons (Fsp3) is 0.100. The molecule has 0 N–H and O–H groups in total. The molecule has 1 heterocycles. The summed E-state index contributed by atoms with van der Waals surface area (Å²) in [6, 6.07) is 20.4. The van der Waals surface area contributed by atoms with Crippen molar-refractivity contribution in [3.8, 4) is 17.4 Å². The molecule has 0 atom stereocenters. The molecule has 0 bridgehead atoms. The summed E-state index contributed by atoms with van der Waals surface area (Å²) >= 11 is 1.45. The van der Waals surface area contributed by atoms with Crippen LogP contribution in [0.1, 0.15) is 5.56 Å². The number of carbonyl (C=O) groups excluding carboxylic acids is 1. The van der Waals surface area contributed by atoms with Gasteiger partial charge in [0.2, 0.25) is 5.88 Å². The van der Waals surface area contributed by atoms with E-state index in [1.165, 1.54) is 17.3 Å². The Morgan fingerprint density at radius 3 is 2.36 bits per heavy atom. The first-order valence-electron chi connectivity index (χ1n) is 7.78. The van der Waals surface area contributed by atoms with E-state index >= 15 is 0 Å². The number of rotatable bonds is 6. The molecule has 5 heteroatoms. The van der Waals surface area contributed by atoms with Crippen molar-refractivity contribution in [2.24, 2.45) is 0 Å². The second-order valence-corrected chi connectivity index (χ2v) is 6.37. The number of thioether (sulfide) groups is 1. The smallest absolute Gasteiger partial charge is 0.321 e. The maximum atomic E-state index is 11.9. The monoisotopic (exact) mass is 351 g/mol. The molecular weight excluding hydrogens is 334 g/mol. The molecule has 1 aromatic heterocycles. The molecule has 0 fully saturated rings. The second kappa shape index (κ2) is 8.35. The standard InChI is InChI=1S/C20H17NO3S/c1-15-5-11-18(12-6-15)25-14-20(22)24-17-9-7-16(8-10-17)23-19-4-2-3-13-21-19/h2-13H,14H2,1H3. The minimum absolute atomic E-state index is 0.259. The van der Waals surface area contributed by atoms with Gasteiger partial charge in [-0.3, -0.25) is 4.79 Å². The predicted octanol–water partition coefficient (Wildman–Crippen LogP) is 4.88. The van der Waals surface area contributed by atoms with E-state index in [1.807, 2.05) is 43.3 Å². The average Bonchev–Trinajstić information content (AvgIpc) is 2.64. The number of hydrogen-bond acceptors (Lipinski definition) is 5. The molecular formula is C20H17NO3S. The molecule has 126 valence electrons. The van der Waals surface area contributed by atoms with Gasteiger partial charge in [-0.05, 0) is 49.4 Å². The van der Waals surface area contributed by atoms with Crippen molar-refractivity contribution < 1.29 is 14.3 Å². The molecule has 0 unspecified atom stereocenters. The fourth-order valence-corrected chi connectivity index (χ4v) is 2.71. The van der Waals surface area contributed by atoms with Crippen LogP contribution in [0.3, 0.4) is 0 Å². The Balaban J connectivity index is 1.50. The van der Waals surface area contributed by atoms with Crippen LogP contribution in [0.5, 0.6) is 17.4 Å². The maximum absolute atomic E-state index is 11.9. The molecule has 0 aliphatic carbocycles. The number of benzene rings is 2. The lowest BCUT2D eigenvalue weighted by Crippen LogP contribution is -2.10. The second-order valence-electron chi connectivity index (χ2n) is 5.32. The van der Waals surface area contributed by atoms with Gasteiger partial charge in [0.1, 0.15) is 11.5 Å². The van der Waals surface area contributed by atoms with Gasteiger partial charge in [0.05, 0.1) is 5.75 Å². The normalized spacial score (nSPS) is 10.3. The van der Waals surface area contributed by atoms with Crippen LogP contribution in [0.2, 0.25) is 0 Å². The average molecular weight is 351 g/mol. The Hall–Kier alpha value is -2.79. The third-order valence-electron chi connectivity index (χ3n) is 3.29. The first kappa shape index (κ1) is 17.0. The highest BCUT2D eigenvalue weighted by Gasteiger charge is 2.07. The maximum Gasteiger partial charge on any atom is 0.321 e. The zero-order valence-electron chi connectivity index (χ0n) is 13.7. The van der Waals surface area contributed by atoms with E-state index in [0.717, 1.165) is 4.90 Å². The molecule has 3 rings (SSSR count). The molecule has 0 aliphatic heterocycles. The van der Waals surface area contributed by atoms with Gasteiger partial charge < -0.3 is 9.47 Å². The largest absolute Gasteiger partial charge is 0.439 e. The van der Waals surface area contributed by atoms with Crippen molar-refractivity contribution in [2.45, 2.75) is 11.8 Å². The first-order chi connectivity index (χ1) is 12.2. The van der Waals surface area contributed by atoms with Crippen molar-refractivity contribution >= 4 is 17.7 Å². The van der Waals surface area contributed by atoms with Crippen LogP contribution in [-0.2, 0) is 4.79 Å². The minimum Gasteiger partial charge on any atom is -0.439 e. The number of aryl methyl sites for hydroxylation is 1. The van der Waals surface area contributed by atoms with Crippen molar-refractivity contribution in [2.75, 3.05) is 5.75 Å². The van der Waals surface area contributed by atoms with Crippen LogP contribution in [0, 0.1) is 6.92 Å². The van der Waals surface area contributed by atoms with E-state index in [2.05, 4.69) is 4.98 Å². The van der Waals surface area contributed by atoms with E-state index in [4.69, 9.17) is 9.47 Å². The lowest BCUT2D eigenvalue weighted by atomic mass is 10.2. The Labute approximate surface area is 150 Å². The van der Waals surface area contributed by atoms with Gasteiger partial charge in [0.25, 0.3) is 0 Å². The Morgan fingerprint density at radius 1 is 0.960 bits per heavy atom. The number of aromatic nitrogens is 1. The Morgan fingerprint density at radius 2 is 1.68 bits per heavy atom. The molecule has 0 amide bonds. The highest BCUT2D eigenvalue weighted by Crippen LogP contribution is 2.23. The molecule has 0 saturated heterocycles. The number of carbonyl (C=O) groups is 1. The molecule has 3 aromatic rings. The van der Waals surface area contributed by atoms with Gasteiger partial charge in [-0.25, -0.2) is 4.98 Å². The van der Waals surface area contributed by atoms with Gasteiger partial charge in [-0.2, -0.15) is 0 Å². The zero-order valence-corrected chi connectivity index (χ0v) is 14.5. The molecule has 4 nitrogen and oxygen atoms in total. The number of nitrogens with zero attached hydrogens (tertiary/aromatic N) is 1. The van der Waals surface area contributed by atoms with Gasteiger partial charge in [-0.1, -0.05) is 23.8 Å². The fourth-order valence-electron chi connectivity index (χ4n) is 2.04. The summed E-state index contributed by atoms with van der Waals surface area (Å²) in [5.74, 6) is 1.61. The van der Waals surface area contributed by atoms with Crippen LogP contribution >= 0.6 is 11.8 Å². The number of ether oxygens (including phenoxy) is 2. The van der Waals surface area contributed by atoms with Crippen molar-refractivity contribution in [3.63, 3.8) is 0 Å². The van der Waals surface area contributed by atoms with Gasteiger partial charge in [0.15, 0.2) is 0 Å². The Bertz CT molecular complexity index is 818. The van der Waals surface area contributed by atoms with Crippen LogP contribution in [0.4, 0.5) is 0 Å². The van der Waals surface area contributed by atoms with E-state index < -0.39 is 0 Å². The topological polar surface area (TPSA) is 48.4 Å². The lowest BCUT2D eigenvalue weighted by molar-refractivity contribution is -0.131. The summed E-state index contributed by atoms with van der Waals surface area (Å²) in [5, 5.41) is 0. The lowest BCUT2D eigenvalue weighted by Gasteiger charge is -2.07. The summed E-state index contributed by atoms with van der Waals surface area (Å²) < 4.78 is 10.9. The van der Waals surface area contributed by atoms with Crippen LogP contribution in [-0.4, -0.2) is 16.7 Å². The molecule has 25 heavy (non-hydrogen) atoms. The summed E-state index contributed by atoms with van der Waals surface area (Å²) in [6.07, 6.45) is 1.66. The highest BCUT2D eigenvalue weighted by molar-refractivity contribution is 8.00. The highest BCUT2D eigenvalue weighted by atomic mass is 32.2. The van der Waals surface area contributed by atoms with Crippen molar-refractivity contribution in [3.05, 3.63) is 78.5 Å². The SMILES string of the molecule is Cc1ccc(SCC(=O)Oc2ccc(Oc3ccccn3)cc2)cc1. The van der Waals surface area contributed by atoms with Crippen LogP contribution in [0.15, 0.2) is 77.8 Å². The first-order valence-corrected chi connectivity index (χ1v) is 8.77. The number of pyridine rings is 1. The van der Waals surface area contributed by atoms with E-state index in [-0.39, 0.29) is 11.7 Å². The van der Waals surface area contributed by atoms with E-state index in [0.29, 0.717) is 17.4 Å².